The van der Waals surface area contributed by atoms with Crippen LogP contribution >= 0.6 is 0 Å². The summed E-state index contributed by atoms with van der Waals surface area (Å²) in [5.74, 6) is 2.62. The maximum absolute atomic E-state index is 8.00. The smallest absolute Gasteiger partial charge is 0.134 e. The van der Waals surface area contributed by atoms with E-state index < -0.39 is 0 Å². The monoisotopic (exact) mass is 244 g/mol. The molecule has 2 nitrogen and oxygen atoms in total. The van der Waals surface area contributed by atoms with Crippen LogP contribution in [0.1, 0.15) is 25.2 Å². The zero-order valence-electron chi connectivity index (χ0n) is 11.3. The van der Waals surface area contributed by atoms with Crippen molar-refractivity contribution in [3.05, 3.63) is 47.7 Å². The summed E-state index contributed by atoms with van der Waals surface area (Å²) in [4.78, 5) is 8.00. The van der Waals surface area contributed by atoms with Crippen molar-refractivity contribution in [2.75, 3.05) is 0 Å². The minimum atomic E-state index is 0.705. The van der Waals surface area contributed by atoms with Gasteiger partial charge in [-0.15, -0.1) is 0 Å². The Morgan fingerprint density at radius 2 is 1.67 bits per heavy atom. The van der Waals surface area contributed by atoms with Crippen LogP contribution in [-0.4, -0.2) is 6.79 Å². The number of aryl methyl sites for hydroxylation is 1. The Bertz CT molecular complexity index is 466. The molecule has 0 amide bonds. The highest BCUT2D eigenvalue weighted by molar-refractivity contribution is 5.57. The molecule has 0 radical (unpaired) electrons. The predicted octanol–water partition coefficient (Wildman–Crippen LogP) is 4.27. The molecule has 0 aliphatic rings. The van der Waals surface area contributed by atoms with E-state index in [2.05, 4.69) is 38.1 Å². The van der Waals surface area contributed by atoms with Gasteiger partial charge in [0.15, 0.2) is 0 Å². The zero-order valence-corrected chi connectivity index (χ0v) is 11.3. The average molecular weight is 244 g/mol. The Morgan fingerprint density at radius 1 is 1.06 bits per heavy atom. The Balaban J connectivity index is 0.000000771. The van der Waals surface area contributed by atoms with Gasteiger partial charge in [-0.1, -0.05) is 38.1 Å². The molecule has 0 spiro atoms. The van der Waals surface area contributed by atoms with Gasteiger partial charge in [-0.3, -0.25) is 0 Å². The average Bonchev–Trinajstić information content (AvgIpc) is 2.79. The summed E-state index contributed by atoms with van der Waals surface area (Å²) >= 11 is 0. The fourth-order valence-corrected chi connectivity index (χ4v) is 1.87. The summed E-state index contributed by atoms with van der Waals surface area (Å²) < 4.78 is 5.59. The second-order valence-corrected chi connectivity index (χ2v) is 4.71. The van der Waals surface area contributed by atoms with E-state index in [4.69, 9.17) is 9.21 Å². The van der Waals surface area contributed by atoms with Crippen molar-refractivity contribution in [2.24, 2.45) is 5.92 Å². The number of benzene rings is 1. The van der Waals surface area contributed by atoms with Crippen molar-refractivity contribution in [1.82, 2.24) is 0 Å². The van der Waals surface area contributed by atoms with E-state index in [0.717, 1.165) is 23.5 Å². The van der Waals surface area contributed by atoms with Gasteiger partial charge in [-0.2, -0.15) is 0 Å². The van der Waals surface area contributed by atoms with Gasteiger partial charge in [-0.05, 0) is 37.0 Å². The molecule has 0 atom stereocenters. The topological polar surface area (TPSA) is 30.2 Å². The molecule has 0 aliphatic carbocycles. The van der Waals surface area contributed by atoms with Crippen molar-refractivity contribution in [3.8, 4) is 11.3 Å². The molecule has 0 bridgehead atoms. The third-order valence-corrected chi connectivity index (χ3v) is 2.62. The number of carbonyl (C=O) groups is 1. The van der Waals surface area contributed by atoms with Crippen molar-refractivity contribution in [2.45, 2.75) is 27.2 Å². The van der Waals surface area contributed by atoms with Gasteiger partial charge in [0.2, 0.25) is 0 Å². The molecule has 2 heteroatoms. The summed E-state index contributed by atoms with van der Waals surface area (Å²) in [6.45, 7) is 8.45. The van der Waals surface area contributed by atoms with E-state index in [9.17, 15) is 0 Å². The highest BCUT2D eigenvalue weighted by Crippen LogP contribution is 2.22. The molecule has 2 aromatic rings. The first-order valence-corrected chi connectivity index (χ1v) is 6.10. The highest BCUT2D eigenvalue weighted by atomic mass is 16.3. The maximum atomic E-state index is 8.00. The van der Waals surface area contributed by atoms with E-state index in [-0.39, 0.29) is 0 Å². The lowest BCUT2D eigenvalue weighted by atomic mass is 10.0. The van der Waals surface area contributed by atoms with Gasteiger partial charge in [-0.25, -0.2) is 0 Å². The molecule has 18 heavy (non-hydrogen) atoms. The number of rotatable bonds is 3. The van der Waals surface area contributed by atoms with E-state index in [1.54, 1.807) is 0 Å². The van der Waals surface area contributed by atoms with E-state index in [0.29, 0.717) is 5.92 Å². The van der Waals surface area contributed by atoms with Crippen LogP contribution < -0.4 is 0 Å². The van der Waals surface area contributed by atoms with Gasteiger partial charge in [0.05, 0.1) is 0 Å². The summed E-state index contributed by atoms with van der Waals surface area (Å²) in [5, 5.41) is 0. The van der Waals surface area contributed by atoms with Gasteiger partial charge in [0.25, 0.3) is 0 Å². The lowest BCUT2D eigenvalue weighted by Crippen LogP contribution is -1.93. The molecule has 96 valence electrons. The lowest BCUT2D eigenvalue weighted by Gasteiger charge is -2.05. The second-order valence-electron chi connectivity index (χ2n) is 4.71. The highest BCUT2D eigenvalue weighted by Gasteiger charge is 2.03. The molecule has 1 heterocycles. The number of hydrogen-bond donors (Lipinski definition) is 0. The first-order valence-electron chi connectivity index (χ1n) is 6.10. The Morgan fingerprint density at radius 3 is 2.11 bits per heavy atom. The summed E-state index contributed by atoms with van der Waals surface area (Å²) in [5.41, 5.74) is 2.54. The Kier molecular flexibility index (Phi) is 5.37. The second kappa shape index (κ2) is 6.80. The van der Waals surface area contributed by atoms with Crippen LogP contribution in [0.4, 0.5) is 0 Å². The van der Waals surface area contributed by atoms with E-state index >= 15 is 0 Å². The van der Waals surface area contributed by atoms with Crippen LogP contribution in [0.25, 0.3) is 11.3 Å². The normalized spacial score (nSPS) is 10.0. The fourth-order valence-electron chi connectivity index (χ4n) is 1.87. The van der Waals surface area contributed by atoms with Crippen molar-refractivity contribution in [1.29, 1.82) is 0 Å². The molecule has 0 N–H and O–H groups in total. The summed E-state index contributed by atoms with van der Waals surface area (Å²) in [6.07, 6.45) is 1.14. The zero-order chi connectivity index (χ0) is 13.5. The van der Waals surface area contributed by atoms with Crippen LogP contribution in [0, 0.1) is 12.8 Å². The molecule has 1 aromatic carbocycles. The minimum absolute atomic E-state index is 0.705. The van der Waals surface area contributed by atoms with Crippen LogP contribution in [-0.2, 0) is 11.2 Å². The molecule has 0 fully saturated rings. The third-order valence-electron chi connectivity index (χ3n) is 2.62. The van der Waals surface area contributed by atoms with Gasteiger partial charge < -0.3 is 9.21 Å². The Hall–Kier alpha value is -1.83. The van der Waals surface area contributed by atoms with Gasteiger partial charge in [0.1, 0.15) is 18.3 Å². The van der Waals surface area contributed by atoms with E-state index in [1.165, 1.54) is 5.56 Å². The maximum Gasteiger partial charge on any atom is 0.134 e. The van der Waals surface area contributed by atoms with Gasteiger partial charge >= 0.3 is 0 Å². The lowest BCUT2D eigenvalue weighted by molar-refractivity contribution is -0.0979. The van der Waals surface area contributed by atoms with Crippen molar-refractivity contribution < 1.29 is 9.21 Å². The molecular formula is C16H20O2. The number of hydrogen-bond acceptors (Lipinski definition) is 2. The third kappa shape index (κ3) is 3.88. The number of carbonyl (C=O) groups excluding carboxylic acids is 1. The van der Waals surface area contributed by atoms with Crippen molar-refractivity contribution in [3.63, 3.8) is 0 Å². The molecule has 2 rings (SSSR count). The molecule has 0 unspecified atom stereocenters. The minimum Gasteiger partial charge on any atom is -0.461 e. The summed E-state index contributed by atoms with van der Waals surface area (Å²) in [6, 6.07) is 12.7. The summed E-state index contributed by atoms with van der Waals surface area (Å²) in [7, 11) is 0. The first kappa shape index (κ1) is 14.2. The first-order chi connectivity index (χ1) is 8.65. The fraction of sp³-hybridized carbons (Fsp3) is 0.312. The van der Waals surface area contributed by atoms with Crippen molar-refractivity contribution >= 4 is 6.79 Å². The molecule has 0 saturated heterocycles. The molecule has 0 aliphatic heterocycles. The SMILES string of the molecule is C=O.Cc1ccc(-c2ccc(CC(C)C)cc2)o1. The largest absolute Gasteiger partial charge is 0.461 e. The standard InChI is InChI=1S/C15H18O.CH2O/c1-11(2)10-13-5-7-14(8-6-13)15-9-4-12(3)16-15;1-2/h4-9,11H,10H2,1-3H3;1H2. The molecular weight excluding hydrogens is 224 g/mol. The van der Waals surface area contributed by atoms with Crippen LogP contribution in [0.2, 0.25) is 0 Å². The van der Waals surface area contributed by atoms with Crippen LogP contribution in [0.15, 0.2) is 40.8 Å². The van der Waals surface area contributed by atoms with E-state index in [1.807, 2.05) is 25.8 Å². The Labute approximate surface area is 109 Å². The molecule has 1 aromatic heterocycles. The van der Waals surface area contributed by atoms with Crippen LogP contribution in [0.5, 0.6) is 0 Å². The van der Waals surface area contributed by atoms with Gasteiger partial charge in [0, 0.05) is 5.56 Å². The number of furan rings is 1. The quantitative estimate of drug-likeness (QED) is 0.807. The molecule has 0 saturated carbocycles. The predicted molar refractivity (Wildman–Crippen MR) is 74.5 cm³/mol. The van der Waals surface area contributed by atoms with Crippen LogP contribution in [0.3, 0.4) is 0 Å².